The van der Waals surface area contributed by atoms with Crippen molar-refractivity contribution in [2.24, 2.45) is 0 Å². The van der Waals surface area contributed by atoms with E-state index in [2.05, 4.69) is 101 Å². The molecular weight excluding hydrogens is 503 g/mol. The molecule has 0 aliphatic carbocycles. The van der Waals surface area contributed by atoms with E-state index in [4.69, 9.17) is 17.0 Å². The Morgan fingerprint density at radius 1 is 0.767 bits per heavy atom. The number of hydrogen-bond donors (Lipinski definition) is 0. The van der Waals surface area contributed by atoms with Crippen molar-refractivity contribution in [2.45, 2.75) is 53.6 Å². The third-order valence-electron chi connectivity index (χ3n) is 5.25. The zero-order valence-corrected chi connectivity index (χ0v) is 23.9. The van der Waals surface area contributed by atoms with Crippen molar-refractivity contribution in [2.75, 3.05) is 0 Å². The maximum atomic E-state index is 5.62. The molecule has 0 aliphatic heterocycles. The van der Waals surface area contributed by atoms with Crippen LogP contribution < -0.4 is 0 Å². The van der Waals surface area contributed by atoms with E-state index in [1.54, 1.807) is 0 Å². The van der Waals surface area contributed by atoms with E-state index < -0.39 is 18.0 Å². The summed E-state index contributed by atoms with van der Waals surface area (Å²) in [6, 6.07) is 22.1. The summed E-state index contributed by atoms with van der Waals surface area (Å²) in [5.74, 6) is 0. The summed E-state index contributed by atoms with van der Waals surface area (Å²) in [4.78, 5) is 0. The van der Waals surface area contributed by atoms with Crippen LogP contribution in [0.25, 0.3) is 21.5 Å². The summed E-state index contributed by atoms with van der Waals surface area (Å²) in [7, 11) is 11.2. The van der Waals surface area contributed by atoms with Crippen LogP contribution in [0, 0.1) is 13.8 Å². The molecule has 0 fully saturated rings. The maximum absolute atomic E-state index is 5.62. The number of halogens is 2. The Morgan fingerprint density at radius 2 is 1.13 bits per heavy atom. The Labute approximate surface area is 197 Å². The van der Waals surface area contributed by atoms with E-state index in [1.165, 1.54) is 43.8 Å². The second-order valence-electron chi connectivity index (χ2n) is 7.85. The minimum absolute atomic E-state index is 0.224. The van der Waals surface area contributed by atoms with Gasteiger partial charge < -0.3 is 0 Å². The van der Waals surface area contributed by atoms with Crippen LogP contribution in [0.1, 0.15) is 36.1 Å². The number of benzene rings is 2. The van der Waals surface area contributed by atoms with E-state index in [0.717, 1.165) is 12.8 Å². The molecule has 0 nitrogen and oxygen atoms in total. The molecule has 160 valence electrons. The van der Waals surface area contributed by atoms with Gasteiger partial charge >= 0.3 is 53.5 Å². The summed E-state index contributed by atoms with van der Waals surface area (Å²) >= 11 is -1.65. The van der Waals surface area contributed by atoms with Gasteiger partial charge in [0, 0.05) is 0 Å². The molecule has 0 bridgehead atoms. The van der Waals surface area contributed by atoms with Crippen molar-refractivity contribution in [3.63, 3.8) is 0 Å². The average Bonchev–Trinajstić information content (AvgIpc) is 3.34. The van der Waals surface area contributed by atoms with Crippen molar-refractivity contribution in [1.82, 2.24) is 0 Å². The van der Waals surface area contributed by atoms with Crippen molar-refractivity contribution in [1.29, 1.82) is 0 Å². The fourth-order valence-corrected chi connectivity index (χ4v) is 3.31. The van der Waals surface area contributed by atoms with Crippen molar-refractivity contribution in [3.8, 4) is 0 Å². The molecule has 4 heteroatoms. The van der Waals surface area contributed by atoms with E-state index in [0.29, 0.717) is 0 Å². The summed E-state index contributed by atoms with van der Waals surface area (Å²) in [6.07, 6.45) is 2.27. The normalized spacial score (nSPS) is 10.3. The van der Waals surface area contributed by atoms with Crippen LogP contribution in [0.3, 0.4) is 0 Å². The predicted molar refractivity (Wildman–Crippen MR) is 136 cm³/mol. The summed E-state index contributed by atoms with van der Waals surface area (Å²) < 4.78 is 0. The van der Waals surface area contributed by atoms with E-state index >= 15 is 0 Å². The molecular formula is C26H32Cl2SiZr-2. The van der Waals surface area contributed by atoms with Gasteiger partial charge in [-0.15, -0.1) is 69.1 Å². The Balaban J connectivity index is 0.000000171. The van der Waals surface area contributed by atoms with E-state index in [-0.39, 0.29) is 5.43 Å². The molecule has 0 atom stereocenters. The topological polar surface area (TPSA) is 0 Å². The fraction of sp³-hybridized carbons (Fsp3) is 0.308. The summed E-state index contributed by atoms with van der Waals surface area (Å²) in [6.45, 7) is 13.1. The Kier molecular flexibility index (Phi) is 10.6. The number of hydrogen-bond acceptors (Lipinski definition) is 0. The molecule has 0 N–H and O–H groups in total. The van der Waals surface area contributed by atoms with Gasteiger partial charge in [0.15, 0.2) is 0 Å². The SMILES string of the molecule is CCc1cc2c(C)cccc2[cH-]1.CCc1cc2c(C)cccc2[cH-]1.C[Si](C)=[Zr]([Cl])[Cl]. The zero-order valence-electron chi connectivity index (χ0n) is 18.9. The predicted octanol–water partition coefficient (Wildman–Crippen LogP) is 9.02. The van der Waals surface area contributed by atoms with Crippen LogP contribution in [0.15, 0.2) is 60.7 Å². The Morgan fingerprint density at radius 3 is 1.40 bits per heavy atom. The molecule has 0 amide bonds. The molecule has 0 spiro atoms. The minimum atomic E-state index is -1.65. The molecule has 0 heterocycles. The Hall–Kier alpha value is -0.660. The molecule has 0 radical (unpaired) electrons. The second kappa shape index (κ2) is 12.4. The quantitative estimate of drug-likeness (QED) is 0.178. The average molecular weight is 535 g/mol. The van der Waals surface area contributed by atoms with Gasteiger partial charge in [0.2, 0.25) is 0 Å². The first-order valence-corrected chi connectivity index (χ1v) is 23.1. The van der Waals surface area contributed by atoms with E-state index in [1.807, 2.05) is 0 Å². The molecule has 4 aromatic rings. The summed E-state index contributed by atoms with van der Waals surface area (Å²) in [5, 5.41) is 5.59. The Bertz CT molecular complexity index is 1040. The molecule has 30 heavy (non-hydrogen) atoms. The summed E-state index contributed by atoms with van der Waals surface area (Å²) in [5.41, 5.74) is 5.43. The molecule has 4 aromatic carbocycles. The van der Waals surface area contributed by atoms with Gasteiger partial charge in [0.25, 0.3) is 0 Å². The fourth-order valence-electron chi connectivity index (χ4n) is 3.31. The first-order valence-electron chi connectivity index (χ1n) is 10.5. The molecule has 0 saturated carbocycles. The van der Waals surface area contributed by atoms with Crippen LogP contribution in [0.5, 0.6) is 0 Å². The van der Waals surface area contributed by atoms with E-state index in [9.17, 15) is 0 Å². The van der Waals surface area contributed by atoms with Gasteiger partial charge in [-0.2, -0.15) is 12.1 Å². The van der Waals surface area contributed by atoms with Crippen molar-refractivity contribution >= 4 is 44.0 Å². The van der Waals surface area contributed by atoms with Gasteiger partial charge in [-0.05, 0) is 26.7 Å². The van der Waals surface area contributed by atoms with Crippen LogP contribution in [-0.2, 0) is 30.8 Å². The standard InChI is InChI=1S/2C12H13.C2H6Si.2ClH.Zr/c2*1-3-10-7-11-6-4-5-9(2)12(11)8-10;1-3-2;;;/h2*4-8H,3H2,1-2H3;1-2H3;2*1H;/q2*-1;;;;+2/p-2. The molecule has 0 unspecified atom stereocenters. The number of rotatable bonds is 2. The molecule has 4 rings (SSSR count). The molecule has 0 aliphatic rings. The number of aryl methyl sites for hydroxylation is 4. The third kappa shape index (κ3) is 7.20. The molecule has 0 saturated heterocycles. The number of fused-ring (bicyclic) bond motifs is 2. The van der Waals surface area contributed by atoms with Gasteiger partial charge in [-0.1, -0.05) is 37.1 Å². The van der Waals surface area contributed by atoms with Crippen LogP contribution >= 0.6 is 17.0 Å². The van der Waals surface area contributed by atoms with Gasteiger partial charge in [0.1, 0.15) is 0 Å². The van der Waals surface area contributed by atoms with Crippen LogP contribution in [-0.4, -0.2) is 5.43 Å². The van der Waals surface area contributed by atoms with Crippen LogP contribution in [0.2, 0.25) is 13.1 Å². The van der Waals surface area contributed by atoms with Crippen molar-refractivity contribution in [3.05, 3.63) is 82.9 Å². The van der Waals surface area contributed by atoms with Crippen molar-refractivity contribution < 1.29 is 18.0 Å². The third-order valence-corrected chi connectivity index (χ3v) is 25.0. The van der Waals surface area contributed by atoms with Crippen LogP contribution in [0.4, 0.5) is 0 Å². The monoisotopic (exact) mass is 532 g/mol. The van der Waals surface area contributed by atoms with Gasteiger partial charge in [0.05, 0.1) is 0 Å². The molecule has 0 aromatic heterocycles. The van der Waals surface area contributed by atoms with Gasteiger partial charge in [-0.3, -0.25) is 0 Å². The first-order chi connectivity index (χ1) is 14.3. The first kappa shape index (κ1) is 25.6. The van der Waals surface area contributed by atoms with Gasteiger partial charge in [-0.25, -0.2) is 0 Å². The zero-order chi connectivity index (χ0) is 22.3. The second-order valence-corrected chi connectivity index (χ2v) is 30.8.